The Kier molecular flexibility index (Phi) is 6.36. The number of nitrogens with zero attached hydrogens (tertiary/aromatic N) is 1. The normalized spacial score (nSPS) is 15.8. The first-order valence-corrected chi connectivity index (χ1v) is 8.58. The molecule has 1 aliphatic rings. The number of esters is 2. The zero-order valence-electron chi connectivity index (χ0n) is 15.3. The Morgan fingerprint density at radius 2 is 1.72 bits per heavy atom. The van der Waals surface area contributed by atoms with E-state index in [9.17, 15) is 14.4 Å². The summed E-state index contributed by atoms with van der Waals surface area (Å²) in [5, 5.41) is 0. The van der Waals surface area contributed by atoms with Crippen molar-refractivity contribution in [2.45, 2.75) is 33.6 Å². The number of ether oxygens (including phenoxy) is 2. The number of piperidine rings is 1. The van der Waals surface area contributed by atoms with Crippen LogP contribution < -0.4 is 0 Å². The third-order valence-corrected chi connectivity index (χ3v) is 4.62. The van der Waals surface area contributed by atoms with Crippen molar-refractivity contribution >= 4 is 17.7 Å². The molecule has 7 nitrogen and oxygen atoms in total. The number of carbonyl (C=O) groups is 3. The van der Waals surface area contributed by atoms with Crippen LogP contribution in [0.1, 0.15) is 51.9 Å². The smallest absolute Gasteiger partial charge is 0.340 e. The molecular formula is C18H26N2O5. The fraction of sp³-hybridized carbons (Fsp3) is 0.611. The molecule has 0 bridgehead atoms. The van der Waals surface area contributed by atoms with Crippen LogP contribution in [0.5, 0.6) is 0 Å². The molecule has 0 aliphatic carbocycles. The van der Waals surface area contributed by atoms with E-state index in [-0.39, 0.29) is 30.8 Å². The largest absolute Gasteiger partial charge is 0.469 e. The summed E-state index contributed by atoms with van der Waals surface area (Å²) in [6, 6.07) is 0. The molecule has 0 spiro atoms. The molecule has 0 atom stereocenters. The first-order valence-electron chi connectivity index (χ1n) is 8.58. The van der Waals surface area contributed by atoms with E-state index >= 15 is 0 Å². The summed E-state index contributed by atoms with van der Waals surface area (Å²) >= 11 is 0. The zero-order chi connectivity index (χ0) is 18.6. The van der Waals surface area contributed by atoms with E-state index in [2.05, 4.69) is 4.98 Å². The maximum atomic E-state index is 12.8. The first-order chi connectivity index (χ1) is 11.9. The number of aromatic nitrogens is 1. The van der Waals surface area contributed by atoms with Gasteiger partial charge in [-0.05, 0) is 46.7 Å². The molecule has 1 N–H and O–H groups in total. The summed E-state index contributed by atoms with van der Waals surface area (Å²) in [5.74, 6) is -0.867. The molecule has 2 heterocycles. The lowest BCUT2D eigenvalue weighted by Crippen LogP contribution is -2.39. The number of methoxy groups -OCH3 is 1. The molecule has 0 unspecified atom stereocenters. The highest BCUT2D eigenvalue weighted by molar-refractivity contribution is 6.09. The molecule has 0 radical (unpaired) electrons. The van der Waals surface area contributed by atoms with Crippen LogP contribution in [0.3, 0.4) is 0 Å². The van der Waals surface area contributed by atoms with E-state index < -0.39 is 5.97 Å². The second-order valence-electron chi connectivity index (χ2n) is 6.34. The predicted octanol–water partition coefficient (Wildman–Crippen LogP) is 1.88. The topological polar surface area (TPSA) is 88.7 Å². The Bertz CT molecular complexity index is 657. The van der Waals surface area contributed by atoms with Gasteiger partial charge < -0.3 is 14.5 Å². The number of Topliss-reactive ketones (excluding diaryl/α,β-unsaturated/α-hetero) is 1. The van der Waals surface area contributed by atoms with Crippen molar-refractivity contribution in [2.24, 2.45) is 5.92 Å². The van der Waals surface area contributed by atoms with Crippen molar-refractivity contribution in [3.05, 3.63) is 22.5 Å². The number of hydrogen-bond donors (Lipinski definition) is 1. The van der Waals surface area contributed by atoms with E-state index in [0.717, 1.165) is 0 Å². The fourth-order valence-corrected chi connectivity index (χ4v) is 3.36. The Hall–Kier alpha value is -2.15. The van der Waals surface area contributed by atoms with E-state index in [1.165, 1.54) is 7.11 Å². The highest BCUT2D eigenvalue weighted by Gasteiger charge is 2.29. The lowest BCUT2D eigenvalue weighted by molar-refractivity contribution is -0.147. The van der Waals surface area contributed by atoms with Gasteiger partial charge in [0.05, 0.1) is 37.3 Å². The molecule has 0 aromatic carbocycles. The van der Waals surface area contributed by atoms with Gasteiger partial charge in [-0.1, -0.05) is 0 Å². The molecule has 0 amide bonds. The maximum absolute atomic E-state index is 12.8. The average molecular weight is 350 g/mol. The number of ketones is 1. The van der Waals surface area contributed by atoms with E-state index in [4.69, 9.17) is 9.47 Å². The lowest BCUT2D eigenvalue weighted by atomic mass is 9.96. The third-order valence-electron chi connectivity index (χ3n) is 4.62. The van der Waals surface area contributed by atoms with Crippen molar-refractivity contribution < 1.29 is 23.9 Å². The molecule has 138 valence electrons. The van der Waals surface area contributed by atoms with Crippen LogP contribution in [0, 0.1) is 19.8 Å². The molecular weight excluding hydrogens is 324 g/mol. The minimum atomic E-state index is -0.475. The highest BCUT2D eigenvalue weighted by atomic mass is 16.5. The molecule has 1 saturated heterocycles. The average Bonchev–Trinajstić information content (AvgIpc) is 2.89. The van der Waals surface area contributed by atoms with Crippen molar-refractivity contribution in [1.29, 1.82) is 0 Å². The third kappa shape index (κ3) is 4.28. The van der Waals surface area contributed by atoms with Crippen molar-refractivity contribution in [1.82, 2.24) is 9.88 Å². The van der Waals surface area contributed by atoms with E-state index in [1.54, 1.807) is 20.8 Å². The standard InChI is InChI=1S/C18H26N2O5/c1-5-25-18(23)16-12(3)19-11(2)15(16)14(21)10-20-8-6-13(7-9-20)17(22)24-4/h13,19H,5-10H2,1-4H3. The van der Waals surface area contributed by atoms with Crippen LogP contribution >= 0.6 is 0 Å². The van der Waals surface area contributed by atoms with Gasteiger partial charge in [-0.15, -0.1) is 0 Å². The minimum absolute atomic E-state index is 0.0947. The molecule has 2 rings (SSSR count). The number of nitrogens with one attached hydrogen (secondary N) is 1. The second-order valence-corrected chi connectivity index (χ2v) is 6.34. The van der Waals surface area contributed by atoms with E-state index in [0.29, 0.717) is 48.4 Å². The number of hydrogen-bond acceptors (Lipinski definition) is 6. The number of H-pyrrole nitrogens is 1. The number of aromatic amines is 1. The van der Waals surface area contributed by atoms with Crippen LogP contribution in [-0.4, -0.2) is 61.0 Å². The molecule has 0 saturated carbocycles. The molecule has 1 aromatic heterocycles. The quantitative estimate of drug-likeness (QED) is 0.622. The summed E-state index contributed by atoms with van der Waals surface area (Å²) in [4.78, 5) is 41.6. The van der Waals surface area contributed by atoms with Gasteiger partial charge in [0.2, 0.25) is 0 Å². The molecule has 1 aromatic rings. The van der Waals surface area contributed by atoms with Crippen molar-refractivity contribution in [2.75, 3.05) is 33.4 Å². The Balaban J connectivity index is 2.07. The van der Waals surface area contributed by atoms with Crippen LogP contribution in [0.15, 0.2) is 0 Å². The molecule has 7 heteroatoms. The lowest BCUT2D eigenvalue weighted by Gasteiger charge is -2.30. The number of likely N-dealkylation sites (tertiary alicyclic amines) is 1. The zero-order valence-corrected chi connectivity index (χ0v) is 15.3. The van der Waals surface area contributed by atoms with Crippen molar-refractivity contribution in [3.63, 3.8) is 0 Å². The van der Waals surface area contributed by atoms with Gasteiger partial charge in [-0.25, -0.2) is 4.79 Å². The van der Waals surface area contributed by atoms with Crippen LogP contribution in [-0.2, 0) is 14.3 Å². The Morgan fingerprint density at radius 3 is 2.28 bits per heavy atom. The molecule has 1 aliphatic heterocycles. The van der Waals surface area contributed by atoms with Gasteiger partial charge in [0.25, 0.3) is 0 Å². The van der Waals surface area contributed by atoms with Crippen molar-refractivity contribution in [3.8, 4) is 0 Å². The van der Waals surface area contributed by atoms with Gasteiger partial charge in [0.15, 0.2) is 5.78 Å². The second kappa shape index (κ2) is 8.29. The van der Waals surface area contributed by atoms with Crippen LogP contribution in [0.4, 0.5) is 0 Å². The number of carbonyl (C=O) groups excluding carboxylic acids is 3. The fourth-order valence-electron chi connectivity index (χ4n) is 3.36. The number of aryl methyl sites for hydroxylation is 2. The van der Waals surface area contributed by atoms with Gasteiger partial charge >= 0.3 is 11.9 Å². The monoisotopic (exact) mass is 350 g/mol. The van der Waals surface area contributed by atoms with Gasteiger partial charge in [-0.2, -0.15) is 0 Å². The summed E-state index contributed by atoms with van der Waals surface area (Å²) < 4.78 is 9.86. The summed E-state index contributed by atoms with van der Waals surface area (Å²) in [5.41, 5.74) is 2.05. The SMILES string of the molecule is CCOC(=O)c1c(C)[nH]c(C)c1C(=O)CN1CCC(C(=O)OC)CC1. The minimum Gasteiger partial charge on any atom is -0.469 e. The first kappa shape index (κ1) is 19.2. The summed E-state index contributed by atoms with van der Waals surface area (Å²) in [6.07, 6.45) is 1.35. The van der Waals surface area contributed by atoms with Crippen LogP contribution in [0.2, 0.25) is 0 Å². The molecule has 25 heavy (non-hydrogen) atoms. The summed E-state index contributed by atoms with van der Waals surface area (Å²) in [7, 11) is 1.39. The Labute approximate surface area is 147 Å². The van der Waals surface area contributed by atoms with Gasteiger partial charge in [0.1, 0.15) is 0 Å². The molecule has 1 fully saturated rings. The van der Waals surface area contributed by atoms with Crippen LogP contribution in [0.25, 0.3) is 0 Å². The number of rotatable bonds is 6. The van der Waals surface area contributed by atoms with Gasteiger partial charge in [0, 0.05) is 11.4 Å². The van der Waals surface area contributed by atoms with E-state index in [1.807, 2.05) is 4.90 Å². The Morgan fingerprint density at radius 1 is 1.12 bits per heavy atom. The predicted molar refractivity (Wildman–Crippen MR) is 91.7 cm³/mol. The maximum Gasteiger partial charge on any atom is 0.340 e. The van der Waals surface area contributed by atoms with Gasteiger partial charge in [-0.3, -0.25) is 14.5 Å². The summed E-state index contributed by atoms with van der Waals surface area (Å²) in [6.45, 7) is 7.07. The highest BCUT2D eigenvalue weighted by Crippen LogP contribution is 2.23.